The summed E-state index contributed by atoms with van der Waals surface area (Å²) in [5.41, 5.74) is 3.71. The first-order chi connectivity index (χ1) is 19.5. The fourth-order valence-corrected chi connectivity index (χ4v) is 8.30. The molecule has 1 spiro atoms. The van der Waals surface area contributed by atoms with Gasteiger partial charge in [-0.1, -0.05) is 12.1 Å². The SMILES string of the molecule is CC(=O)NC(C)(C)[C@@H]1CC2(CCN(C(=O)C3CN(C(C)(C)C)C[C@H]3c3ccc(F)cc3F)CC2)c2cc(I)c(C)cc21. The average molecular weight is 692 g/mol. The maximum atomic E-state index is 15.0. The molecule has 5 rings (SSSR count). The fraction of sp³-hybridized carbons (Fsp3) is 0.588. The number of likely N-dealkylation sites (tertiary alicyclic amines) is 2. The van der Waals surface area contributed by atoms with Gasteiger partial charge in [-0.05, 0) is 123 Å². The molecule has 1 unspecified atom stereocenters. The van der Waals surface area contributed by atoms with Crippen molar-refractivity contribution in [2.24, 2.45) is 5.92 Å². The van der Waals surface area contributed by atoms with Gasteiger partial charge in [0.05, 0.1) is 5.92 Å². The van der Waals surface area contributed by atoms with E-state index in [1.165, 1.54) is 32.4 Å². The first kappa shape index (κ1) is 31.4. The van der Waals surface area contributed by atoms with Crippen LogP contribution in [0.15, 0.2) is 30.3 Å². The van der Waals surface area contributed by atoms with E-state index in [0.717, 1.165) is 25.3 Å². The number of carbonyl (C=O) groups excluding carboxylic acids is 2. The van der Waals surface area contributed by atoms with E-state index in [2.05, 4.69) is 86.5 Å². The molecule has 2 fully saturated rings. The molecule has 8 heteroatoms. The van der Waals surface area contributed by atoms with Crippen LogP contribution in [0.25, 0.3) is 0 Å². The maximum absolute atomic E-state index is 15.0. The first-order valence-electron chi connectivity index (χ1n) is 15.1. The van der Waals surface area contributed by atoms with E-state index in [0.29, 0.717) is 31.7 Å². The molecule has 2 aromatic carbocycles. The molecule has 1 aliphatic carbocycles. The maximum Gasteiger partial charge on any atom is 0.227 e. The number of carbonyl (C=O) groups is 2. The summed E-state index contributed by atoms with van der Waals surface area (Å²) in [6, 6.07) is 8.38. The highest BCUT2D eigenvalue weighted by atomic mass is 127. The molecular weight excluding hydrogens is 647 g/mol. The van der Waals surface area contributed by atoms with Crippen LogP contribution in [0.2, 0.25) is 0 Å². The number of halogens is 3. The Morgan fingerprint density at radius 3 is 2.26 bits per heavy atom. The van der Waals surface area contributed by atoms with Gasteiger partial charge in [0.25, 0.3) is 0 Å². The van der Waals surface area contributed by atoms with Crippen LogP contribution in [0.5, 0.6) is 0 Å². The van der Waals surface area contributed by atoms with Crippen LogP contribution in [-0.2, 0) is 15.0 Å². The third-order valence-electron chi connectivity index (χ3n) is 10.2. The summed E-state index contributed by atoms with van der Waals surface area (Å²) in [5, 5.41) is 3.20. The monoisotopic (exact) mass is 691 g/mol. The summed E-state index contributed by atoms with van der Waals surface area (Å²) in [6.07, 6.45) is 2.63. The van der Waals surface area contributed by atoms with Crippen LogP contribution >= 0.6 is 22.6 Å². The molecule has 5 nitrogen and oxygen atoms in total. The molecule has 0 saturated carbocycles. The van der Waals surface area contributed by atoms with E-state index in [4.69, 9.17) is 0 Å². The Bertz CT molecular complexity index is 1390. The number of benzene rings is 2. The third-order valence-corrected chi connectivity index (χ3v) is 11.4. The van der Waals surface area contributed by atoms with Gasteiger partial charge < -0.3 is 10.2 Å². The summed E-state index contributed by atoms with van der Waals surface area (Å²) >= 11 is 2.41. The van der Waals surface area contributed by atoms with Gasteiger partial charge in [-0.25, -0.2) is 8.78 Å². The summed E-state index contributed by atoms with van der Waals surface area (Å²) in [4.78, 5) is 30.5. The van der Waals surface area contributed by atoms with Gasteiger partial charge in [0, 0.05) is 65.7 Å². The Morgan fingerprint density at radius 1 is 1.00 bits per heavy atom. The molecule has 2 saturated heterocycles. The predicted octanol–water partition coefficient (Wildman–Crippen LogP) is 6.65. The Kier molecular flexibility index (Phi) is 8.31. The topological polar surface area (TPSA) is 52.7 Å². The molecule has 3 atom stereocenters. The molecule has 2 aromatic rings. The molecule has 3 aliphatic rings. The lowest BCUT2D eigenvalue weighted by Gasteiger charge is -2.42. The van der Waals surface area contributed by atoms with Crippen molar-refractivity contribution in [2.75, 3.05) is 26.2 Å². The summed E-state index contributed by atoms with van der Waals surface area (Å²) in [7, 11) is 0. The number of hydrogen-bond donors (Lipinski definition) is 1. The molecular formula is C34H44F2IN3O2. The van der Waals surface area contributed by atoms with E-state index < -0.39 is 17.2 Å². The summed E-state index contributed by atoms with van der Waals surface area (Å²) in [5.74, 6) is -1.68. The number of amides is 2. The number of piperidine rings is 1. The molecule has 0 bridgehead atoms. The summed E-state index contributed by atoms with van der Waals surface area (Å²) < 4.78 is 30.0. The Balaban J connectivity index is 1.40. The molecule has 1 N–H and O–H groups in total. The van der Waals surface area contributed by atoms with Crippen molar-refractivity contribution in [2.45, 2.75) is 96.1 Å². The van der Waals surface area contributed by atoms with Crippen molar-refractivity contribution in [1.29, 1.82) is 0 Å². The van der Waals surface area contributed by atoms with Gasteiger partial charge in [0.2, 0.25) is 11.8 Å². The molecule has 2 aliphatic heterocycles. The second-order valence-corrected chi connectivity index (χ2v) is 15.6. The van der Waals surface area contributed by atoms with Gasteiger partial charge in [-0.2, -0.15) is 0 Å². The lowest BCUT2D eigenvalue weighted by Crippen LogP contribution is -2.49. The van der Waals surface area contributed by atoms with Gasteiger partial charge in [-0.15, -0.1) is 0 Å². The third kappa shape index (κ3) is 5.74. The van der Waals surface area contributed by atoms with Crippen LogP contribution in [0, 0.1) is 28.0 Å². The van der Waals surface area contributed by atoms with Crippen LogP contribution in [0.4, 0.5) is 8.78 Å². The van der Waals surface area contributed by atoms with E-state index >= 15 is 4.39 Å². The van der Waals surface area contributed by atoms with Gasteiger partial charge >= 0.3 is 0 Å². The highest BCUT2D eigenvalue weighted by Gasteiger charge is 2.52. The number of aryl methyl sites for hydroxylation is 1. The van der Waals surface area contributed by atoms with Gasteiger partial charge in [0.15, 0.2) is 0 Å². The highest BCUT2D eigenvalue weighted by Crippen LogP contribution is 2.55. The highest BCUT2D eigenvalue weighted by molar-refractivity contribution is 14.1. The molecule has 42 heavy (non-hydrogen) atoms. The van der Waals surface area contributed by atoms with Crippen LogP contribution in [0.3, 0.4) is 0 Å². The fourth-order valence-electron chi connectivity index (χ4n) is 7.83. The number of fused-ring (bicyclic) bond motifs is 2. The van der Waals surface area contributed by atoms with Crippen LogP contribution in [-0.4, -0.2) is 58.9 Å². The average Bonchev–Trinajstić information content (AvgIpc) is 3.45. The lowest BCUT2D eigenvalue weighted by atomic mass is 9.71. The minimum atomic E-state index is -0.604. The second-order valence-electron chi connectivity index (χ2n) is 14.4. The number of rotatable bonds is 4. The largest absolute Gasteiger partial charge is 0.351 e. The molecule has 2 amide bonds. The lowest BCUT2D eigenvalue weighted by molar-refractivity contribution is -0.137. The van der Waals surface area contributed by atoms with E-state index in [1.54, 1.807) is 6.92 Å². The van der Waals surface area contributed by atoms with Crippen molar-refractivity contribution < 1.29 is 18.4 Å². The zero-order valence-electron chi connectivity index (χ0n) is 25.9. The normalized spacial score (nSPS) is 24.2. The zero-order valence-corrected chi connectivity index (χ0v) is 28.1. The second kappa shape index (κ2) is 11.1. The Hall–Kier alpha value is -2.07. The number of nitrogens with one attached hydrogen (secondary N) is 1. The Labute approximate surface area is 262 Å². The minimum Gasteiger partial charge on any atom is -0.351 e. The smallest absolute Gasteiger partial charge is 0.227 e. The van der Waals surface area contributed by atoms with Crippen molar-refractivity contribution in [1.82, 2.24) is 15.1 Å². The predicted molar refractivity (Wildman–Crippen MR) is 171 cm³/mol. The molecule has 2 heterocycles. The minimum absolute atomic E-state index is 0.0295. The van der Waals surface area contributed by atoms with Gasteiger partial charge in [0.1, 0.15) is 11.6 Å². The van der Waals surface area contributed by atoms with Gasteiger partial charge in [-0.3, -0.25) is 14.5 Å². The first-order valence-corrected chi connectivity index (χ1v) is 16.2. The molecule has 0 aromatic heterocycles. The van der Waals surface area contributed by atoms with Crippen molar-refractivity contribution >= 4 is 34.4 Å². The van der Waals surface area contributed by atoms with E-state index in [-0.39, 0.29) is 40.5 Å². The summed E-state index contributed by atoms with van der Waals surface area (Å²) in [6.45, 7) is 16.7. The van der Waals surface area contributed by atoms with Crippen molar-refractivity contribution in [3.63, 3.8) is 0 Å². The standard InChI is InChI=1S/C34H44F2IN3O2/c1-20-14-24-27(16-30(20)37)34(17-28(24)33(6,7)38-21(2)41)10-12-39(13-11-34)31(42)26-19-40(32(3,4)5)18-25(26)23-9-8-22(35)15-29(23)36/h8-9,14-16,25-26,28H,10-13,17-19H2,1-7H3,(H,38,41)/t25-,26?,28+/m0/s1. The molecule has 228 valence electrons. The number of nitrogens with zero attached hydrogens (tertiary/aromatic N) is 2. The zero-order chi connectivity index (χ0) is 30.8. The quantitative estimate of drug-likeness (QED) is 0.366. The van der Waals surface area contributed by atoms with E-state index in [9.17, 15) is 14.0 Å². The Morgan fingerprint density at radius 2 is 1.67 bits per heavy atom. The van der Waals surface area contributed by atoms with E-state index in [1.807, 2.05) is 4.90 Å². The van der Waals surface area contributed by atoms with Crippen molar-refractivity contribution in [3.8, 4) is 0 Å². The van der Waals surface area contributed by atoms with Crippen LogP contribution in [0.1, 0.15) is 94.9 Å². The molecule has 0 radical (unpaired) electrons. The number of hydrogen-bond acceptors (Lipinski definition) is 3. The van der Waals surface area contributed by atoms with Crippen LogP contribution < -0.4 is 5.32 Å². The van der Waals surface area contributed by atoms with Crippen molar-refractivity contribution in [3.05, 3.63) is 67.8 Å².